The quantitative estimate of drug-likeness (QED) is 0.581. The van der Waals surface area contributed by atoms with Crippen molar-refractivity contribution in [3.8, 4) is 11.5 Å². The maximum absolute atomic E-state index is 13.0. The Morgan fingerprint density at radius 2 is 1.93 bits per heavy atom. The number of nitro benzene ring substituents is 1. The molecule has 0 saturated carbocycles. The molecule has 0 bridgehead atoms. The van der Waals surface area contributed by atoms with Gasteiger partial charge in [0.2, 0.25) is 5.91 Å². The minimum atomic E-state index is -3.73. The molecule has 2 aromatic rings. The van der Waals surface area contributed by atoms with Gasteiger partial charge in [0.15, 0.2) is 11.5 Å². The molecule has 1 amide bonds. The number of benzene rings is 2. The maximum Gasteiger partial charge on any atom is 0.586 e. The number of ether oxygens (including phenoxy) is 2. The summed E-state index contributed by atoms with van der Waals surface area (Å²) in [5.74, 6) is -0.759. The van der Waals surface area contributed by atoms with Crippen molar-refractivity contribution in [2.24, 2.45) is 0 Å². The second kappa shape index (κ2) is 6.88. The van der Waals surface area contributed by atoms with E-state index >= 15 is 0 Å². The monoisotopic (exact) mass is 399 g/mol. The minimum Gasteiger partial charge on any atom is -0.395 e. The van der Waals surface area contributed by atoms with E-state index in [1.165, 1.54) is 37.3 Å². The molecule has 1 aliphatic rings. The molecule has 0 aliphatic carbocycles. The molecule has 2 aromatic carbocycles. The molecule has 1 aliphatic heterocycles. The highest BCUT2D eigenvalue weighted by atomic mass is 35.5. The molecular weight excluding hydrogens is 388 g/mol. The van der Waals surface area contributed by atoms with Crippen LogP contribution in [0.15, 0.2) is 36.4 Å². The van der Waals surface area contributed by atoms with Crippen LogP contribution in [0.2, 0.25) is 5.02 Å². The smallest absolute Gasteiger partial charge is 0.395 e. The molecule has 0 spiro atoms. The lowest BCUT2D eigenvalue weighted by atomic mass is 10.2. The van der Waals surface area contributed by atoms with Gasteiger partial charge in [0.25, 0.3) is 5.69 Å². The Morgan fingerprint density at radius 3 is 2.59 bits per heavy atom. The third-order valence-electron chi connectivity index (χ3n) is 3.60. The number of hydrogen-bond acceptors (Lipinski definition) is 6. The maximum atomic E-state index is 13.0. The van der Waals surface area contributed by atoms with Crippen LogP contribution in [0.5, 0.6) is 11.5 Å². The largest absolute Gasteiger partial charge is 0.586 e. The van der Waals surface area contributed by atoms with Crippen LogP contribution in [0.25, 0.3) is 0 Å². The van der Waals surface area contributed by atoms with Crippen LogP contribution in [0.4, 0.5) is 25.8 Å². The van der Waals surface area contributed by atoms with Gasteiger partial charge in [-0.1, -0.05) is 11.6 Å². The summed E-state index contributed by atoms with van der Waals surface area (Å²) in [7, 11) is 0. The van der Waals surface area contributed by atoms with Crippen molar-refractivity contribution in [3.63, 3.8) is 0 Å². The van der Waals surface area contributed by atoms with Crippen LogP contribution in [-0.2, 0) is 4.79 Å². The summed E-state index contributed by atoms with van der Waals surface area (Å²) in [5, 5.41) is 16.1. The first-order chi connectivity index (χ1) is 12.6. The zero-order valence-corrected chi connectivity index (χ0v) is 14.4. The molecule has 2 N–H and O–H groups in total. The highest BCUT2D eigenvalue weighted by Crippen LogP contribution is 2.42. The summed E-state index contributed by atoms with van der Waals surface area (Å²) in [5.41, 5.74) is 0.347. The number of nitrogens with one attached hydrogen (secondary N) is 2. The normalized spacial score (nSPS) is 15.1. The molecular formula is C16H12ClF2N3O5. The van der Waals surface area contributed by atoms with Gasteiger partial charge in [0.05, 0.1) is 15.6 Å². The number of carbonyl (C=O) groups is 1. The molecule has 0 fully saturated rings. The molecule has 11 heteroatoms. The summed E-state index contributed by atoms with van der Waals surface area (Å²) < 4.78 is 34.7. The Hall–Kier alpha value is -3.14. The van der Waals surface area contributed by atoms with Gasteiger partial charge >= 0.3 is 6.29 Å². The third-order valence-corrected chi connectivity index (χ3v) is 3.91. The van der Waals surface area contributed by atoms with E-state index < -0.39 is 23.2 Å². The molecule has 27 heavy (non-hydrogen) atoms. The molecule has 1 atom stereocenters. The average molecular weight is 400 g/mol. The van der Waals surface area contributed by atoms with Crippen LogP contribution < -0.4 is 20.1 Å². The highest BCUT2D eigenvalue weighted by molar-refractivity contribution is 6.34. The van der Waals surface area contributed by atoms with Gasteiger partial charge < -0.3 is 20.1 Å². The van der Waals surface area contributed by atoms with Gasteiger partial charge in [0, 0.05) is 23.9 Å². The number of carbonyl (C=O) groups excluding carboxylic acids is 1. The van der Waals surface area contributed by atoms with Gasteiger partial charge in [-0.15, -0.1) is 8.78 Å². The predicted molar refractivity (Wildman–Crippen MR) is 92.5 cm³/mol. The number of nitro groups is 1. The van der Waals surface area contributed by atoms with Crippen LogP contribution in [0.3, 0.4) is 0 Å². The number of halogens is 3. The number of non-ortho nitro benzene ring substituents is 1. The number of anilines is 2. The summed E-state index contributed by atoms with van der Waals surface area (Å²) >= 11 is 5.93. The first-order valence-corrected chi connectivity index (χ1v) is 7.94. The van der Waals surface area contributed by atoms with E-state index in [0.29, 0.717) is 5.69 Å². The lowest BCUT2D eigenvalue weighted by Gasteiger charge is -2.16. The fraction of sp³-hybridized carbons (Fsp3) is 0.188. The highest BCUT2D eigenvalue weighted by Gasteiger charge is 2.43. The van der Waals surface area contributed by atoms with Crippen molar-refractivity contribution in [1.82, 2.24) is 0 Å². The van der Waals surface area contributed by atoms with E-state index in [0.717, 1.165) is 6.07 Å². The second-order valence-electron chi connectivity index (χ2n) is 5.61. The number of rotatable bonds is 5. The zero-order valence-electron chi connectivity index (χ0n) is 13.7. The summed E-state index contributed by atoms with van der Waals surface area (Å²) in [6, 6.07) is 6.87. The summed E-state index contributed by atoms with van der Waals surface area (Å²) in [6.07, 6.45) is -3.73. The van der Waals surface area contributed by atoms with E-state index in [1.54, 1.807) is 0 Å². The number of hydrogen-bond donors (Lipinski definition) is 2. The van der Waals surface area contributed by atoms with Crippen LogP contribution >= 0.6 is 11.6 Å². The second-order valence-corrected chi connectivity index (χ2v) is 6.01. The first kappa shape index (κ1) is 18.6. The van der Waals surface area contributed by atoms with Crippen LogP contribution in [-0.4, -0.2) is 23.2 Å². The Labute approximate surface area is 156 Å². The number of nitrogens with zero attached hydrogens (tertiary/aromatic N) is 1. The van der Waals surface area contributed by atoms with E-state index in [1.807, 2.05) is 0 Å². The van der Waals surface area contributed by atoms with Crippen LogP contribution in [0, 0.1) is 10.1 Å². The van der Waals surface area contributed by atoms with Crippen molar-refractivity contribution in [2.45, 2.75) is 19.3 Å². The fourth-order valence-corrected chi connectivity index (χ4v) is 2.54. The Kier molecular flexibility index (Phi) is 4.75. The average Bonchev–Trinajstić information content (AvgIpc) is 2.89. The van der Waals surface area contributed by atoms with Crippen LogP contribution in [0.1, 0.15) is 6.92 Å². The van der Waals surface area contributed by atoms with Crippen molar-refractivity contribution < 1.29 is 28.0 Å². The zero-order chi connectivity index (χ0) is 19.8. The Morgan fingerprint density at radius 1 is 1.22 bits per heavy atom. The van der Waals surface area contributed by atoms with Gasteiger partial charge in [-0.2, -0.15) is 0 Å². The van der Waals surface area contributed by atoms with E-state index in [9.17, 15) is 23.7 Å². The topological polar surface area (TPSA) is 103 Å². The van der Waals surface area contributed by atoms with E-state index in [2.05, 4.69) is 20.1 Å². The van der Waals surface area contributed by atoms with Crippen molar-refractivity contribution >= 4 is 34.6 Å². The molecule has 142 valence electrons. The number of alkyl halides is 2. The first-order valence-electron chi connectivity index (χ1n) is 7.56. The van der Waals surface area contributed by atoms with E-state index in [4.69, 9.17) is 11.6 Å². The minimum absolute atomic E-state index is 0.00932. The lowest BCUT2D eigenvalue weighted by Crippen LogP contribution is -2.31. The summed E-state index contributed by atoms with van der Waals surface area (Å²) in [6.45, 7) is 1.54. The van der Waals surface area contributed by atoms with Crippen molar-refractivity contribution in [2.75, 3.05) is 10.6 Å². The molecule has 0 saturated heterocycles. The van der Waals surface area contributed by atoms with Gasteiger partial charge in [0.1, 0.15) is 6.04 Å². The molecule has 3 rings (SSSR count). The molecule has 8 nitrogen and oxygen atoms in total. The molecule has 0 aromatic heterocycles. The molecule has 0 radical (unpaired) electrons. The van der Waals surface area contributed by atoms with Crippen molar-refractivity contribution in [1.29, 1.82) is 0 Å². The predicted octanol–water partition coefficient (Wildman–Crippen LogP) is 4.01. The molecule has 1 unspecified atom stereocenters. The van der Waals surface area contributed by atoms with Gasteiger partial charge in [-0.25, -0.2) is 0 Å². The number of fused-ring (bicyclic) bond motifs is 1. The number of amides is 1. The fourth-order valence-electron chi connectivity index (χ4n) is 2.31. The Balaban J connectivity index is 1.66. The Bertz CT molecular complexity index is 925. The molecule has 1 heterocycles. The van der Waals surface area contributed by atoms with Crippen molar-refractivity contribution in [3.05, 3.63) is 51.5 Å². The third kappa shape index (κ3) is 4.17. The summed E-state index contributed by atoms with van der Waals surface area (Å²) in [4.78, 5) is 22.4. The SMILES string of the molecule is CC(Nc1ccc2c(c1)OC(F)(F)O2)C(=O)Nc1ccc([N+](=O)[O-])cc1Cl. The van der Waals surface area contributed by atoms with Gasteiger partial charge in [-0.3, -0.25) is 14.9 Å². The van der Waals surface area contributed by atoms with Gasteiger partial charge in [-0.05, 0) is 25.1 Å². The lowest BCUT2D eigenvalue weighted by molar-refractivity contribution is -0.384. The van der Waals surface area contributed by atoms with E-state index in [-0.39, 0.29) is 27.9 Å². The standard InChI is InChI=1S/C16H12ClF2N3O5/c1-8(15(23)21-12-4-3-10(22(24)25)7-11(12)17)20-9-2-5-13-14(6-9)27-16(18,19)26-13/h2-8,20H,1H3,(H,21,23).